The number of thioether (sulfide) groups is 1. The first-order valence-electron chi connectivity index (χ1n) is 3.92. The van der Waals surface area contributed by atoms with Gasteiger partial charge in [0.15, 0.2) is 0 Å². The van der Waals surface area contributed by atoms with Crippen LogP contribution in [0.25, 0.3) is 0 Å². The Morgan fingerprint density at radius 1 is 1.30 bits per heavy atom. The van der Waals surface area contributed by atoms with Gasteiger partial charge in [-0.25, -0.2) is 0 Å². The van der Waals surface area contributed by atoms with E-state index in [9.17, 15) is 0 Å². The lowest BCUT2D eigenvalue weighted by molar-refractivity contribution is 0.909. The Balaban J connectivity index is 2.23. The smallest absolute Gasteiger partial charge is 0.0149 e. The van der Waals surface area contributed by atoms with Gasteiger partial charge in [0.2, 0.25) is 0 Å². The molecule has 1 aliphatic heterocycles. The molecule has 1 heteroatoms. The molecule has 0 nitrogen and oxygen atoms in total. The van der Waals surface area contributed by atoms with E-state index in [2.05, 4.69) is 23.9 Å². The van der Waals surface area contributed by atoms with Gasteiger partial charge in [0, 0.05) is 5.75 Å². The van der Waals surface area contributed by atoms with Crippen molar-refractivity contribution < 1.29 is 0 Å². The summed E-state index contributed by atoms with van der Waals surface area (Å²) in [4.78, 5) is 0. The third-order valence-corrected chi connectivity index (χ3v) is 3.22. The highest BCUT2D eigenvalue weighted by Crippen LogP contribution is 2.30. The Hall–Kier alpha value is -0.170. The van der Waals surface area contributed by atoms with E-state index in [0.29, 0.717) is 0 Å². The SMILES string of the molecule is C1=CC2=C(CC1)CSCC2. The summed E-state index contributed by atoms with van der Waals surface area (Å²) in [5.41, 5.74) is 3.36. The minimum Gasteiger partial charge on any atom is -0.157 e. The molecule has 0 fully saturated rings. The maximum absolute atomic E-state index is 2.33. The van der Waals surface area contributed by atoms with Gasteiger partial charge in [-0.3, -0.25) is 0 Å². The van der Waals surface area contributed by atoms with Crippen molar-refractivity contribution in [3.63, 3.8) is 0 Å². The minimum absolute atomic E-state index is 1.28. The highest BCUT2D eigenvalue weighted by Gasteiger charge is 2.12. The van der Waals surface area contributed by atoms with Gasteiger partial charge in [-0.15, -0.1) is 0 Å². The van der Waals surface area contributed by atoms with Gasteiger partial charge in [-0.1, -0.05) is 17.7 Å². The van der Waals surface area contributed by atoms with Gasteiger partial charge in [0.25, 0.3) is 0 Å². The molecular weight excluding hydrogens is 140 g/mol. The van der Waals surface area contributed by atoms with E-state index in [0.717, 1.165) is 0 Å². The molecule has 0 N–H and O–H groups in total. The lowest BCUT2D eigenvalue weighted by Gasteiger charge is -2.20. The van der Waals surface area contributed by atoms with E-state index in [1.807, 2.05) is 0 Å². The van der Waals surface area contributed by atoms with Crippen LogP contribution in [-0.4, -0.2) is 11.5 Å². The van der Waals surface area contributed by atoms with Crippen molar-refractivity contribution in [1.82, 2.24) is 0 Å². The highest BCUT2D eigenvalue weighted by molar-refractivity contribution is 7.99. The molecule has 0 spiro atoms. The van der Waals surface area contributed by atoms with Crippen LogP contribution in [0.3, 0.4) is 0 Å². The second-order valence-electron chi connectivity index (χ2n) is 2.87. The molecule has 54 valence electrons. The highest BCUT2D eigenvalue weighted by atomic mass is 32.2. The van der Waals surface area contributed by atoms with Crippen molar-refractivity contribution in [3.8, 4) is 0 Å². The topological polar surface area (TPSA) is 0 Å². The molecule has 2 aliphatic rings. The van der Waals surface area contributed by atoms with E-state index in [-0.39, 0.29) is 0 Å². The first-order valence-corrected chi connectivity index (χ1v) is 5.07. The standard InChI is InChI=1S/C9H12S/c1-2-4-9-7-10-6-5-8(9)3-1/h1,3H,2,4-7H2. The van der Waals surface area contributed by atoms with Crippen LogP contribution in [0, 0.1) is 0 Å². The monoisotopic (exact) mass is 152 g/mol. The van der Waals surface area contributed by atoms with Gasteiger partial charge in [-0.2, -0.15) is 11.8 Å². The second-order valence-corrected chi connectivity index (χ2v) is 3.98. The summed E-state index contributed by atoms with van der Waals surface area (Å²) in [6, 6.07) is 0. The average Bonchev–Trinajstić information content (AvgIpc) is 2.05. The zero-order valence-corrected chi connectivity index (χ0v) is 6.91. The quantitative estimate of drug-likeness (QED) is 0.514. The van der Waals surface area contributed by atoms with E-state index < -0.39 is 0 Å². The molecule has 0 saturated carbocycles. The van der Waals surface area contributed by atoms with Crippen LogP contribution in [0.1, 0.15) is 19.3 Å². The van der Waals surface area contributed by atoms with Crippen LogP contribution in [0.15, 0.2) is 23.3 Å². The van der Waals surface area contributed by atoms with Gasteiger partial charge in [0.1, 0.15) is 0 Å². The Bertz CT molecular complexity index is 189. The first kappa shape index (κ1) is 6.53. The van der Waals surface area contributed by atoms with Crippen LogP contribution in [-0.2, 0) is 0 Å². The molecule has 0 atom stereocenters. The van der Waals surface area contributed by atoms with Crippen LogP contribution in [0.2, 0.25) is 0 Å². The third kappa shape index (κ3) is 1.15. The number of hydrogen-bond acceptors (Lipinski definition) is 1. The van der Waals surface area contributed by atoms with Crippen LogP contribution in [0.4, 0.5) is 0 Å². The molecular formula is C9H12S. The third-order valence-electron chi connectivity index (χ3n) is 2.18. The van der Waals surface area contributed by atoms with Crippen molar-refractivity contribution in [2.24, 2.45) is 0 Å². The number of rotatable bonds is 0. The molecule has 0 aromatic heterocycles. The zero-order valence-electron chi connectivity index (χ0n) is 6.10. The summed E-state index contributed by atoms with van der Waals surface area (Å²) < 4.78 is 0. The van der Waals surface area contributed by atoms with E-state index in [1.54, 1.807) is 11.1 Å². The Labute approximate surface area is 66.4 Å². The Kier molecular flexibility index (Phi) is 1.85. The Morgan fingerprint density at radius 3 is 3.20 bits per heavy atom. The summed E-state index contributed by atoms with van der Waals surface area (Å²) >= 11 is 2.09. The largest absolute Gasteiger partial charge is 0.157 e. The van der Waals surface area contributed by atoms with Crippen LogP contribution < -0.4 is 0 Å². The summed E-state index contributed by atoms with van der Waals surface area (Å²) in [5.74, 6) is 2.64. The minimum atomic E-state index is 1.28. The molecule has 0 radical (unpaired) electrons. The molecule has 0 unspecified atom stereocenters. The number of hydrogen-bond donors (Lipinski definition) is 0. The maximum atomic E-state index is 2.33. The van der Waals surface area contributed by atoms with Crippen molar-refractivity contribution in [1.29, 1.82) is 0 Å². The Morgan fingerprint density at radius 2 is 2.30 bits per heavy atom. The molecule has 0 saturated heterocycles. The van der Waals surface area contributed by atoms with Crippen LogP contribution in [0.5, 0.6) is 0 Å². The van der Waals surface area contributed by atoms with Gasteiger partial charge in [-0.05, 0) is 30.6 Å². The lowest BCUT2D eigenvalue weighted by atomic mass is 9.97. The van der Waals surface area contributed by atoms with E-state index in [4.69, 9.17) is 0 Å². The van der Waals surface area contributed by atoms with Crippen molar-refractivity contribution in [2.45, 2.75) is 19.3 Å². The molecule has 1 heterocycles. The van der Waals surface area contributed by atoms with Crippen LogP contribution >= 0.6 is 11.8 Å². The van der Waals surface area contributed by atoms with E-state index >= 15 is 0 Å². The van der Waals surface area contributed by atoms with Gasteiger partial charge >= 0.3 is 0 Å². The predicted octanol–water partition coefficient (Wildman–Crippen LogP) is 2.77. The molecule has 1 aliphatic carbocycles. The fourth-order valence-corrected chi connectivity index (χ4v) is 2.65. The van der Waals surface area contributed by atoms with E-state index in [1.165, 1.54) is 30.8 Å². The molecule has 0 bridgehead atoms. The maximum Gasteiger partial charge on any atom is 0.0149 e. The molecule has 10 heavy (non-hydrogen) atoms. The summed E-state index contributed by atoms with van der Waals surface area (Å²) in [6.07, 6.45) is 8.57. The fraction of sp³-hybridized carbons (Fsp3) is 0.556. The summed E-state index contributed by atoms with van der Waals surface area (Å²) in [6.45, 7) is 0. The molecule has 0 aromatic carbocycles. The zero-order chi connectivity index (χ0) is 6.81. The second kappa shape index (κ2) is 2.83. The molecule has 0 amide bonds. The normalized spacial score (nSPS) is 24.8. The summed E-state index contributed by atoms with van der Waals surface area (Å²) in [7, 11) is 0. The number of allylic oxidation sites excluding steroid dienone is 3. The van der Waals surface area contributed by atoms with Gasteiger partial charge in [0.05, 0.1) is 0 Å². The summed E-state index contributed by atoms with van der Waals surface area (Å²) in [5, 5.41) is 0. The lowest BCUT2D eigenvalue weighted by Crippen LogP contribution is -2.04. The molecule has 2 rings (SSSR count). The fourth-order valence-electron chi connectivity index (χ4n) is 1.56. The van der Waals surface area contributed by atoms with Gasteiger partial charge < -0.3 is 0 Å². The first-order chi connectivity index (χ1) is 4.97. The molecule has 0 aromatic rings. The average molecular weight is 152 g/mol. The van der Waals surface area contributed by atoms with Crippen molar-refractivity contribution in [2.75, 3.05) is 11.5 Å². The van der Waals surface area contributed by atoms with Crippen molar-refractivity contribution >= 4 is 11.8 Å². The van der Waals surface area contributed by atoms with Crippen molar-refractivity contribution in [3.05, 3.63) is 23.3 Å². The predicted molar refractivity (Wildman–Crippen MR) is 47.3 cm³/mol.